The molecule has 204 valence electrons. The van der Waals surface area contributed by atoms with E-state index in [0.717, 1.165) is 22.6 Å². The molecule has 0 aliphatic carbocycles. The van der Waals surface area contributed by atoms with Crippen molar-refractivity contribution < 1.29 is 34.0 Å². The number of benzene rings is 3. The second-order valence-corrected chi connectivity index (χ2v) is 9.37. The maximum atomic E-state index is 11.7. The molecule has 0 fully saturated rings. The topological polar surface area (TPSA) is 106 Å². The van der Waals surface area contributed by atoms with Crippen molar-refractivity contribution in [2.24, 2.45) is 0 Å². The van der Waals surface area contributed by atoms with Crippen molar-refractivity contribution in [3.8, 4) is 17.2 Å². The lowest BCUT2D eigenvalue weighted by molar-refractivity contribution is -0.145. The van der Waals surface area contributed by atoms with Gasteiger partial charge < -0.3 is 29.3 Å². The molecule has 1 unspecified atom stereocenters. The molecule has 1 aliphatic heterocycles. The van der Waals surface area contributed by atoms with Crippen molar-refractivity contribution in [3.63, 3.8) is 0 Å². The fourth-order valence-electron chi connectivity index (χ4n) is 4.14. The van der Waals surface area contributed by atoms with Gasteiger partial charge in [-0.15, -0.1) is 0 Å². The Morgan fingerprint density at radius 3 is 2.46 bits per heavy atom. The average Bonchev–Trinajstić information content (AvgIpc) is 2.93. The van der Waals surface area contributed by atoms with E-state index in [1.54, 1.807) is 6.07 Å². The van der Waals surface area contributed by atoms with Crippen LogP contribution >= 0.6 is 11.6 Å². The van der Waals surface area contributed by atoms with Crippen LogP contribution in [0.3, 0.4) is 0 Å². The lowest BCUT2D eigenvalue weighted by Gasteiger charge is -2.35. The standard InChI is InChI=1S/C30H30ClNO7/c31-24-7-1-2-9-26(24)38-19-5-18-37-23-15-12-21(13-16-23)11-14-22-6-3-8-25-29(22)39-27(30(35)36)20-32(25)17-4-10-28(33)34/h1-3,6-9,11-16,27H,4-5,10,17-20H2,(H,33,34)(H,35,36). The van der Waals surface area contributed by atoms with Gasteiger partial charge in [0.15, 0.2) is 5.75 Å². The van der Waals surface area contributed by atoms with Crippen LogP contribution in [0.4, 0.5) is 5.69 Å². The van der Waals surface area contributed by atoms with Gasteiger partial charge >= 0.3 is 11.9 Å². The normalized spacial score (nSPS) is 14.5. The van der Waals surface area contributed by atoms with E-state index in [1.165, 1.54) is 0 Å². The first-order chi connectivity index (χ1) is 18.9. The molecule has 8 nitrogen and oxygen atoms in total. The maximum absolute atomic E-state index is 11.7. The second kappa shape index (κ2) is 13.6. The summed E-state index contributed by atoms with van der Waals surface area (Å²) in [4.78, 5) is 24.5. The van der Waals surface area contributed by atoms with E-state index >= 15 is 0 Å². The summed E-state index contributed by atoms with van der Waals surface area (Å²) in [6.07, 6.45) is 3.88. The Morgan fingerprint density at radius 1 is 0.949 bits per heavy atom. The van der Waals surface area contributed by atoms with E-state index in [9.17, 15) is 14.7 Å². The van der Waals surface area contributed by atoms with E-state index in [-0.39, 0.29) is 13.0 Å². The van der Waals surface area contributed by atoms with Gasteiger partial charge in [-0.2, -0.15) is 0 Å². The predicted octanol–water partition coefficient (Wildman–Crippen LogP) is 5.88. The van der Waals surface area contributed by atoms with Crippen molar-refractivity contribution in [2.45, 2.75) is 25.4 Å². The van der Waals surface area contributed by atoms with E-state index in [4.69, 9.17) is 30.9 Å². The molecule has 1 aliphatic rings. The highest BCUT2D eigenvalue weighted by atomic mass is 35.5. The second-order valence-electron chi connectivity index (χ2n) is 8.97. The molecule has 0 saturated carbocycles. The Balaban J connectivity index is 1.35. The highest BCUT2D eigenvalue weighted by Gasteiger charge is 2.31. The van der Waals surface area contributed by atoms with Crippen molar-refractivity contribution in [2.75, 3.05) is 31.2 Å². The summed E-state index contributed by atoms with van der Waals surface area (Å²) < 4.78 is 17.3. The largest absolute Gasteiger partial charge is 0.493 e. The molecule has 0 amide bonds. The first kappa shape index (κ1) is 27.9. The van der Waals surface area contributed by atoms with Crippen LogP contribution in [0.25, 0.3) is 12.2 Å². The van der Waals surface area contributed by atoms with E-state index in [1.807, 2.05) is 77.7 Å². The Labute approximate surface area is 232 Å². The number of rotatable bonds is 13. The van der Waals surface area contributed by atoms with Crippen LogP contribution in [-0.4, -0.2) is 54.6 Å². The van der Waals surface area contributed by atoms with E-state index in [2.05, 4.69) is 0 Å². The van der Waals surface area contributed by atoms with Gasteiger partial charge in [0.05, 0.1) is 30.5 Å². The van der Waals surface area contributed by atoms with Crippen LogP contribution in [-0.2, 0) is 9.59 Å². The minimum atomic E-state index is -1.06. The lowest BCUT2D eigenvalue weighted by Crippen LogP contribution is -2.45. The highest BCUT2D eigenvalue weighted by Crippen LogP contribution is 2.38. The molecule has 1 heterocycles. The number of halogens is 1. The first-order valence-corrected chi connectivity index (χ1v) is 13.1. The Kier molecular flexibility index (Phi) is 9.69. The van der Waals surface area contributed by atoms with Crippen molar-refractivity contribution in [1.29, 1.82) is 0 Å². The first-order valence-electron chi connectivity index (χ1n) is 12.7. The Morgan fingerprint density at radius 2 is 1.72 bits per heavy atom. The number of aliphatic carboxylic acids is 2. The molecule has 3 aromatic carbocycles. The monoisotopic (exact) mass is 551 g/mol. The fraction of sp³-hybridized carbons (Fsp3) is 0.267. The van der Waals surface area contributed by atoms with Crippen LogP contribution in [0.5, 0.6) is 17.2 Å². The minimum absolute atomic E-state index is 0.0140. The van der Waals surface area contributed by atoms with E-state index < -0.39 is 18.0 Å². The van der Waals surface area contributed by atoms with Crippen molar-refractivity contribution in [3.05, 3.63) is 82.9 Å². The number of carbonyl (C=O) groups is 2. The Bertz CT molecular complexity index is 1310. The molecule has 0 spiro atoms. The summed E-state index contributed by atoms with van der Waals surface area (Å²) in [5.74, 6) is -0.0689. The van der Waals surface area contributed by atoms with Crippen LogP contribution in [0.15, 0.2) is 66.7 Å². The molecule has 9 heteroatoms. The lowest BCUT2D eigenvalue weighted by atomic mass is 10.1. The number of para-hydroxylation sites is 2. The predicted molar refractivity (Wildman–Crippen MR) is 150 cm³/mol. The molecule has 39 heavy (non-hydrogen) atoms. The van der Waals surface area contributed by atoms with Crippen LogP contribution in [0.2, 0.25) is 5.02 Å². The molecular weight excluding hydrogens is 522 g/mol. The third-order valence-corrected chi connectivity index (χ3v) is 6.41. The van der Waals surface area contributed by atoms with Gasteiger partial charge in [0, 0.05) is 24.9 Å². The number of ether oxygens (including phenoxy) is 3. The molecular formula is C30H30ClNO7. The number of nitrogens with zero attached hydrogens (tertiary/aromatic N) is 1. The van der Waals surface area contributed by atoms with Gasteiger partial charge in [0.1, 0.15) is 11.5 Å². The zero-order valence-corrected chi connectivity index (χ0v) is 22.0. The van der Waals surface area contributed by atoms with Gasteiger partial charge in [-0.1, -0.05) is 60.2 Å². The molecule has 0 bridgehead atoms. The van der Waals surface area contributed by atoms with Crippen LogP contribution in [0, 0.1) is 0 Å². The summed E-state index contributed by atoms with van der Waals surface area (Å²) in [5, 5.41) is 19.1. The highest BCUT2D eigenvalue weighted by molar-refractivity contribution is 6.32. The third kappa shape index (κ3) is 7.91. The summed E-state index contributed by atoms with van der Waals surface area (Å²) >= 11 is 6.09. The molecule has 4 rings (SSSR count). The molecule has 0 aromatic heterocycles. The minimum Gasteiger partial charge on any atom is -0.493 e. The smallest absolute Gasteiger partial charge is 0.346 e. The van der Waals surface area contributed by atoms with Crippen molar-refractivity contribution in [1.82, 2.24) is 0 Å². The molecule has 1 atom stereocenters. The summed E-state index contributed by atoms with van der Waals surface area (Å²) in [6.45, 7) is 1.57. The van der Waals surface area contributed by atoms with Crippen LogP contribution < -0.4 is 19.1 Å². The average molecular weight is 552 g/mol. The van der Waals surface area contributed by atoms with Crippen molar-refractivity contribution >= 4 is 41.4 Å². The fourth-order valence-corrected chi connectivity index (χ4v) is 4.33. The van der Waals surface area contributed by atoms with Gasteiger partial charge in [-0.3, -0.25) is 4.79 Å². The Hall–Kier alpha value is -4.17. The van der Waals surface area contributed by atoms with Gasteiger partial charge in [0.2, 0.25) is 6.10 Å². The number of fused-ring (bicyclic) bond motifs is 1. The number of hydrogen-bond acceptors (Lipinski definition) is 6. The molecule has 2 N–H and O–H groups in total. The number of hydrogen-bond donors (Lipinski definition) is 2. The summed E-state index contributed by atoms with van der Waals surface area (Å²) in [6, 6.07) is 20.6. The van der Waals surface area contributed by atoms with Gasteiger partial charge in [-0.25, -0.2) is 4.79 Å². The summed E-state index contributed by atoms with van der Waals surface area (Å²) in [5.41, 5.74) is 2.42. The maximum Gasteiger partial charge on any atom is 0.346 e. The van der Waals surface area contributed by atoms with Crippen LogP contribution in [0.1, 0.15) is 30.4 Å². The van der Waals surface area contributed by atoms with Gasteiger partial charge in [0.25, 0.3) is 0 Å². The molecule has 0 saturated heterocycles. The SMILES string of the molecule is O=C(O)CCCN1CC(C(=O)O)Oc2c(C=Cc3ccc(OCCCOc4ccccc4Cl)cc3)cccc21. The molecule has 3 aromatic rings. The number of anilines is 1. The molecule has 0 radical (unpaired) electrons. The van der Waals surface area contributed by atoms with Gasteiger partial charge in [-0.05, 0) is 42.3 Å². The number of carboxylic acids is 2. The zero-order valence-electron chi connectivity index (χ0n) is 21.3. The summed E-state index contributed by atoms with van der Waals surface area (Å²) in [7, 11) is 0. The quantitative estimate of drug-likeness (QED) is 0.200. The van der Waals surface area contributed by atoms with E-state index in [0.29, 0.717) is 49.1 Å². The third-order valence-electron chi connectivity index (χ3n) is 6.09. The zero-order chi connectivity index (χ0) is 27.6. The number of carboxylic acid groups (broad SMARTS) is 2.